The van der Waals surface area contributed by atoms with E-state index < -0.39 is 0 Å². The van der Waals surface area contributed by atoms with Gasteiger partial charge < -0.3 is 9.84 Å². The van der Waals surface area contributed by atoms with Crippen LogP contribution in [0, 0.1) is 6.92 Å². The van der Waals surface area contributed by atoms with Gasteiger partial charge >= 0.3 is 0 Å². The zero-order valence-corrected chi connectivity index (χ0v) is 15.4. The Morgan fingerprint density at radius 3 is 2.65 bits per heavy atom. The zero-order chi connectivity index (χ0) is 17.9. The molecule has 2 aromatic heterocycles. The molecule has 2 aromatic carbocycles. The van der Waals surface area contributed by atoms with E-state index in [-0.39, 0.29) is 0 Å². The van der Waals surface area contributed by atoms with Crippen LogP contribution in [0.25, 0.3) is 10.9 Å². The summed E-state index contributed by atoms with van der Waals surface area (Å²) in [6.07, 6.45) is 0. The summed E-state index contributed by atoms with van der Waals surface area (Å²) in [6.45, 7) is 1.79. The Morgan fingerprint density at radius 1 is 1.04 bits per heavy atom. The van der Waals surface area contributed by atoms with Gasteiger partial charge in [-0.25, -0.2) is 9.97 Å². The topological polar surface area (TPSA) is 76.7 Å². The first-order valence-corrected chi connectivity index (χ1v) is 9.26. The molecule has 0 bridgehead atoms. The molecule has 6 nitrogen and oxygen atoms in total. The number of para-hydroxylation sites is 2. The minimum absolute atomic E-state index is 0.505. The molecule has 0 saturated heterocycles. The highest BCUT2D eigenvalue weighted by Gasteiger charge is 2.11. The van der Waals surface area contributed by atoms with Gasteiger partial charge in [0.05, 0.1) is 22.0 Å². The third-order valence-electron chi connectivity index (χ3n) is 3.60. The van der Waals surface area contributed by atoms with Crippen molar-refractivity contribution in [3.05, 3.63) is 65.3 Å². The lowest BCUT2D eigenvalue weighted by atomic mass is 10.2. The predicted molar refractivity (Wildman–Crippen MR) is 103 cm³/mol. The van der Waals surface area contributed by atoms with Crippen molar-refractivity contribution in [2.24, 2.45) is 0 Å². The van der Waals surface area contributed by atoms with Crippen molar-refractivity contribution in [2.75, 3.05) is 5.32 Å². The molecule has 26 heavy (non-hydrogen) atoms. The molecule has 0 unspecified atom stereocenters. The van der Waals surface area contributed by atoms with Crippen LogP contribution in [-0.2, 0) is 5.75 Å². The van der Waals surface area contributed by atoms with E-state index in [0.29, 0.717) is 33.5 Å². The number of rotatable bonds is 5. The van der Waals surface area contributed by atoms with Crippen molar-refractivity contribution in [3.63, 3.8) is 0 Å². The summed E-state index contributed by atoms with van der Waals surface area (Å²) in [4.78, 5) is 13.5. The lowest BCUT2D eigenvalue weighted by molar-refractivity contribution is 0.387. The molecule has 4 aromatic rings. The maximum absolute atomic E-state index is 6.27. The summed E-state index contributed by atoms with van der Waals surface area (Å²) in [5, 5.41) is 9.28. The molecule has 2 heterocycles. The Labute approximate surface area is 159 Å². The largest absolute Gasteiger partial charge is 0.338 e. The van der Waals surface area contributed by atoms with Gasteiger partial charge in [0.1, 0.15) is 5.82 Å². The van der Waals surface area contributed by atoms with Gasteiger partial charge in [-0.1, -0.05) is 52.8 Å². The Morgan fingerprint density at radius 2 is 1.85 bits per heavy atom. The third kappa shape index (κ3) is 3.63. The molecule has 0 aliphatic rings. The first kappa shape index (κ1) is 16.8. The van der Waals surface area contributed by atoms with Gasteiger partial charge in [-0.05, 0) is 31.2 Å². The molecule has 130 valence electrons. The van der Waals surface area contributed by atoms with Crippen molar-refractivity contribution in [3.8, 4) is 0 Å². The normalized spacial score (nSPS) is 11.0. The van der Waals surface area contributed by atoms with E-state index in [0.717, 1.165) is 16.6 Å². The Bertz CT molecular complexity index is 1070. The lowest BCUT2D eigenvalue weighted by Gasteiger charge is -2.11. The molecular weight excluding hydrogens is 370 g/mol. The molecule has 0 aliphatic carbocycles. The average Bonchev–Trinajstić information content (AvgIpc) is 3.07. The molecule has 0 aliphatic heterocycles. The van der Waals surface area contributed by atoms with E-state index in [2.05, 4.69) is 25.4 Å². The number of aromatic nitrogens is 4. The van der Waals surface area contributed by atoms with Crippen molar-refractivity contribution in [1.82, 2.24) is 20.1 Å². The minimum atomic E-state index is 0.505. The van der Waals surface area contributed by atoms with E-state index in [1.54, 1.807) is 6.92 Å². The number of hydrogen-bond donors (Lipinski definition) is 1. The molecule has 4 rings (SSSR count). The number of anilines is 2. The molecule has 0 saturated carbocycles. The van der Waals surface area contributed by atoms with Crippen LogP contribution in [0.3, 0.4) is 0 Å². The fourth-order valence-corrected chi connectivity index (χ4v) is 3.30. The van der Waals surface area contributed by atoms with Crippen LogP contribution in [-0.4, -0.2) is 20.1 Å². The van der Waals surface area contributed by atoms with Crippen LogP contribution in [0.4, 0.5) is 11.5 Å². The highest BCUT2D eigenvalue weighted by molar-refractivity contribution is 7.98. The number of nitrogens with zero attached hydrogens (tertiary/aromatic N) is 4. The Balaban J connectivity index is 1.67. The highest BCUT2D eigenvalue weighted by atomic mass is 35.5. The number of thioether (sulfide) groups is 1. The number of aryl methyl sites for hydroxylation is 1. The van der Waals surface area contributed by atoms with Gasteiger partial charge in [-0.15, -0.1) is 0 Å². The zero-order valence-electron chi connectivity index (χ0n) is 13.8. The van der Waals surface area contributed by atoms with Crippen LogP contribution in [0.1, 0.15) is 11.7 Å². The van der Waals surface area contributed by atoms with Crippen molar-refractivity contribution in [2.45, 2.75) is 17.8 Å². The maximum atomic E-state index is 6.27. The van der Waals surface area contributed by atoms with E-state index in [1.165, 1.54) is 11.8 Å². The van der Waals surface area contributed by atoms with Gasteiger partial charge in [0.15, 0.2) is 11.0 Å². The first-order valence-electron chi connectivity index (χ1n) is 7.89. The summed E-state index contributed by atoms with van der Waals surface area (Å²) < 4.78 is 5.14. The summed E-state index contributed by atoms with van der Waals surface area (Å²) >= 11 is 7.71. The van der Waals surface area contributed by atoms with E-state index in [4.69, 9.17) is 16.1 Å². The van der Waals surface area contributed by atoms with Crippen LogP contribution in [0.2, 0.25) is 5.02 Å². The SMILES string of the molecule is Cc1noc(CSc2nc(Nc3ccccc3Cl)c3ccccc3n2)n1. The molecule has 0 spiro atoms. The second-order valence-electron chi connectivity index (χ2n) is 5.50. The predicted octanol–water partition coefficient (Wildman–Crippen LogP) is 5.01. The molecule has 0 fully saturated rings. The Kier molecular flexibility index (Phi) is 4.73. The van der Waals surface area contributed by atoms with E-state index >= 15 is 0 Å². The summed E-state index contributed by atoms with van der Waals surface area (Å²) in [6, 6.07) is 15.4. The summed E-state index contributed by atoms with van der Waals surface area (Å²) in [5.74, 6) is 2.36. The molecule has 0 atom stereocenters. The number of hydrogen-bond acceptors (Lipinski definition) is 7. The average molecular weight is 384 g/mol. The maximum Gasteiger partial charge on any atom is 0.237 e. The monoisotopic (exact) mass is 383 g/mol. The molecule has 0 amide bonds. The second-order valence-corrected chi connectivity index (χ2v) is 6.85. The van der Waals surface area contributed by atoms with Crippen LogP contribution in [0.15, 0.2) is 58.2 Å². The second kappa shape index (κ2) is 7.31. The molecular formula is C18H14ClN5OS. The van der Waals surface area contributed by atoms with E-state index in [9.17, 15) is 0 Å². The first-order chi connectivity index (χ1) is 12.7. The molecule has 8 heteroatoms. The number of nitrogens with one attached hydrogen (secondary N) is 1. The quantitative estimate of drug-likeness (QED) is 0.383. The lowest BCUT2D eigenvalue weighted by Crippen LogP contribution is -1.99. The summed E-state index contributed by atoms with van der Waals surface area (Å²) in [7, 11) is 0. The van der Waals surface area contributed by atoms with Crippen LogP contribution < -0.4 is 5.32 Å². The standard InChI is InChI=1S/C18H14ClN5OS/c1-11-20-16(25-24-11)10-26-18-22-14-8-4-2-6-12(14)17(23-18)21-15-9-5-3-7-13(15)19/h2-9H,10H2,1H3,(H,21,22,23). The van der Waals surface area contributed by atoms with Crippen molar-refractivity contribution >= 4 is 45.8 Å². The fourth-order valence-electron chi connectivity index (χ4n) is 2.43. The van der Waals surface area contributed by atoms with Gasteiger partial charge in [0, 0.05) is 5.39 Å². The third-order valence-corrected chi connectivity index (χ3v) is 4.77. The minimum Gasteiger partial charge on any atom is -0.338 e. The van der Waals surface area contributed by atoms with Crippen molar-refractivity contribution in [1.29, 1.82) is 0 Å². The van der Waals surface area contributed by atoms with Gasteiger partial charge in [0.25, 0.3) is 0 Å². The number of benzene rings is 2. The Hall–Kier alpha value is -2.64. The van der Waals surface area contributed by atoms with Gasteiger partial charge in [-0.2, -0.15) is 4.98 Å². The molecule has 1 N–H and O–H groups in total. The molecule has 0 radical (unpaired) electrons. The van der Waals surface area contributed by atoms with Gasteiger partial charge in [0.2, 0.25) is 5.89 Å². The number of fused-ring (bicyclic) bond motifs is 1. The van der Waals surface area contributed by atoms with E-state index in [1.807, 2.05) is 48.5 Å². The smallest absolute Gasteiger partial charge is 0.237 e. The highest BCUT2D eigenvalue weighted by Crippen LogP contribution is 2.30. The summed E-state index contributed by atoms with van der Waals surface area (Å²) in [5.41, 5.74) is 1.64. The van der Waals surface area contributed by atoms with Crippen LogP contribution >= 0.6 is 23.4 Å². The fraction of sp³-hybridized carbons (Fsp3) is 0.111. The van der Waals surface area contributed by atoms with Gasteiger partial charge in [-0.3, -0.25) is 0 Å². The number of halogens is 1. The van der Waals surface area contributed by atoms with Crippen molar-refractivity contribution < 1.29 is 4.52 Å². The van der Waals surface area contributed by atoms with Crippen LogP contribution in [0.5, 0.6) is 0 Å².